The quantitative estimate of drug-likeness (QED) is 0.774. The fourth-order valence-electron chi connectivity index (χ4n) is 1.89. The SMILES string of the molecule is CN(C(=O)c1cccc2cnn(C)c12)C(C)(C)C. The monoisotopic (exact) mass is 245 g/mol. The number of hydrogen-bond acceptors (Lipinski definition) is 2. The van der Waals surface area contributed by atoms with Crippen molar-refractivity contribution in [3.8, 4) is 0 Å². The van der Waals surface area contributed by atoms with Crippen molar-refractivity contribution in [2.45, 2.75) is 26.3 Å². The number of carbonyl (C=O) groups excluding carboxylic acids is 1. The highest BCUT2D eigenvalue weighted by Gasteiger charge is 2.25. The molecule has 2 aromatic rings. The number of aromatic nitrogens is 2. The Morgan fingerprint density at radius 2 is 2.00 bits per heavy atom. The summed E-state index contributed by atoms with van der Waals surface area (Å²) in [6.07, 6.45) is 1.78. The van der Waals surface area contributed by atoms with Crippen molar-refractivity contribution in [1.82, 2.24) is 14.7 Å². The van der Waals surface area contributed by atoms with Gasteiger partial charge in [-0.25, -0.2) is 0 Å². The summed E-state index contributed by atoms with van der Waals surface area (Å²) in [4.78, 5) is 14.3. The molecule has 96 valence electrons. The summed E-state index contributed by atoms with van der Waals surface area (Å²) in [6, 6.07) is 5.72. The van der Waals surface area contributed by atoms with Gasteiger partial charge in [0.25, 0.3) is 5.91 Å². The number of fused-ring (bicyclic) bond motifs is 1. The van der Waals surface area contributed by atoms with Crippen LogP contribution in [0.1, 0.15) is 31.1 Å². The first kappa shape index (κ1) is 12.6. The van der Waals surface area contributed by atoms with Crippen LogP contribution in [0.5, 0.6) is 0 Å². The molecule has 0 atom stereocenters. The molecule has 1 heterocycles. The number of aryl methyl sites for hydroxylation is 1. The van der Waals surface area contributed by atoms with E-state index in [1.807, 2.05) is 53.1 Å². The third-order valence-electron chi connectivity index (χ3n) is 3.30. The second kappa shape index (κ2) is 4.12. The zero-order valence-electron chi connectivity index (χ0n) is 11.6. The number of para-hydroxylation sites is 1. The van der Waals surface area contributed by atoms with Gasteiger partial charge in [0.05, 0.1) is 17.3 Å². The van der Waals surface area contributed by atoms with Crippen molar-refractivity contribution < 1.29 is 4.79 Å². The number of benzene rings is 1. The molecule has 0 saturated carbocycles. The van der Waals surface area contributed by atoms with Crippen LogP contribution in [0.25, 0.3) is 10.9 Å². The lowest BCUT2D eigenvalue weighted by Gasteiger charge is -2.32. The van der Waals surface area contributed by atoms with Crippen LogP contribution in [0.3, 0.4) is 0 Å². The lowest BCUT2D eigenvalue weighted by atomic mass is 10.0. The van der Waals surface area contributed by atoms with Gasteiger partial charge in [-0.05, 0) is 26.8 Å². The lowest BCUT2D eigenvalue weighted by molar-refractivity contribution is 0.0657. The van der Waals surface area contributed by atoms with E-state index in [-0.39, 0.29) is 11.4 Å². The molecular weight excluding hydrogens is 226 g/mol. The molecule has 1 aromatic carbocycles. The van der Waals surface area contributed by atoms with Crippen LogP contribution in [0, 0.1) is 0 Å². The van der Waals surface area contributed by atoms with E-state index in [9.17, 15) is 4.79 Å². The number of amides is 1. The minimum atomic E-state index is -0.197. The Morgan fingerprint density at radius 1 is 1.33 bits per heavy atom. The number of hydrogen-bond donors (Lipinski definition) is 0. The second-order valence-corrected chi connectivity index (χ2v) is 5.55. The summed E-state index contributed by atoms with van der Waals surface area (Å²) in [5.41, 5.74) is 1.39. The maximum atomic E-state index is 12.5. The first-order valence-corrected chi connectivity index (χ1v) is 6.01. The van der Waals surface area contributed by atoms with Gasteiger partial charge in [-0.15, -0.1) is 0 Å². The average molecular weight is 245 g/mol. The van der Waals surface area contributed by atoms with Crippen molar-refractivity contribution in [2.75, 3.05) is 7.05 Å². The summed E-state index contributed by atoms with van der Waals surface area (Å²) in [6.45, 7) is 6.07. The first-order valence-electron chi connectivity index (χ1n) is 6.01. The van der Waals surface area contributed by atoms with E-state index in [1.54, 1.807) is 15.8 Å². The average Bonchev–Trinajstić information content (AvgIpc) is 2.68. The number of rotatable bonds is 1. The molecule has 0 aliphatic rings. The van der Waals surface area contributed by atoms with Crippen molar-refractivity contribution >= 4 is 16.8 Å². The van der Waals surface area contributed by atoms with Crippen LogP contribution in [-0.4, -0.2) is 33.2 Å². The molecule has 0 radical (unpaired) electrons. The van der Waals surface area contributed by atoms with Gasteiger partial charge < -0.3 is 4.90 Å². The predicted octanol–water partition coefficient (Wildman–Crippen LogP) is 2.44. The smallest absolute Gasteiger partial charge is 0.256 e. The fraction of sp³-hybridized carbons (Fsp3) is 0.429. The van der Waals surface area contributed by atoms with E-state index in [2.05, 4.69) is 5.10 Å². The molecule has 1 aromatic heterocycles. The molecule has 0 fully saturated rings. The molecule has 4 heteroatoms. The molecule has 0 aliphatic heterocycles. The highest BCUT2D eigenvalue weighted by molar-refractivity contribution is 6.05. The maximum absolute atomic E-state index is 12.5. The van der Waals surface area contributed by atoms with E-state index in [1.165, 1.54) is 0 Å². The van der Waals surface area contributed by atoms with E-state index in [4.69, 9.17) is 0 Å². The Hall–Kier alpha value is -1.84. The van der Waals surface area contributed by atoms with Crippen LogP contribution in [0.4, 0.5) is 0 Å². The molecule has 0 aliphatic carbocycles. The highest BCUT2D eigenvalue weighted by Crippen LogP contribution is 2.22. The second-order valence-electron chi connectivity index (χ2n) is 5.55. The third kappa shape index (κ3) is 1.98. The van der Waals surface area contributed by atoms with Gasteiger partial charge in [0.1, 0.15) is 0 Å². The molecule has 4 nitrogen and oxygen atoms in total. The van der Waals surface area contributed by atoms with Crippen molar-refractivity contribution in [2.24, 2.45) is 7.05 Å². The standard InChI is InChI=1S/C14H19N3O/c1-14(2,3)16(4)13(18)11-8-6-7-10-9-15-17(5)12(10)11/h6-9H,1-5H3. The molecule has 0 saturated heterocycles. The largest absolute Gasteiger partial charge is 0.337 e. The molecule has 18 heavy (non-hydrogen) atoms. The zero-order chi connectivity index (χ0) is 13.5. The van der Waals surface area contributed by atoms with E-state index >= 15 is 0 Å². The molecule has 1 amide bonds. The van der Waals surface area contributed by atoms with Gasteiger partial charge in [0.15, 0.2) is 0 Å². The molecule has 0 spiro atoms. The normalized spacial score (nSPS) is 11.8. The van der Waals surface area contributed by atoms with Crippen LogP contribution in [0.15, 0.2) is 24.4 Å². The van der Waals surface area contributed by atoms with Gasteiger partial charge in [0.2, 0.25) is 0 Å². The summed E-state index contributed by atoms with van der Waals surface area (Å²) in [7, 11) is 3.69. The van der Waals surface area contributed by atoms with Gasteiger partial charge in [0, 0.05) is 25.0 Å². The van der Waals surface area contributed by atoms with Crippen LogP contribution in [0.2, 0.25) is 0 Å². The molecule has 2 rings (SSSR count). The minimum Gasteiger partial charge on any atom is -0.337 e. The van der Waals surface area contributed by atoms with Gasteiger partial charge in [-0.1, -0.05) is 12.1 Å². The Balaban J connectivity index is 2.55. The van der Waals surface area contributed by atoms with Crippen molar-refractivity contribution in [1.29, 1.82) is 0 Å². The molecule has 0 N–H and O–H groups in total. The van der Waals surface area contributed by atoms with E-state index < -0.39 is 0 Å². The fourth-order valence-corrected chi connectivity index (χ4v) is 1.89. The maximum Gasteiger partial charge on any atom is 0.256 e. The summed E-state index contributed by atoms with van der Waals surface area (Å²) < 4.78 is 1.75. The van der Waals surface area contributed by atoms with Crippen molar-refractivity contribution in [3.63, 3.8) is 0 Å². The van der Waals surface area contributed by atoms with Crippen LogP contribution >= 0.6 is 0 Å². The third-order valence-corrected chi connectivity index (χ3v) is 3.30. The Bertz CT molecular complexity index is 593. The van der Waals surface area contributed by atoms with E-state index in [0.29, 0.717) is 5.56 Å². The molecule has 0 unspecified atom stereocenters. The minimum absolute atomic E-state index is 0.0247. The Morgan fingerprint density at radius 3 is 2.61 bits per heavy atom. The number of nitrogens with zero attached hydrogens (tertiary/aromatic N) is 3. The van der Waals surface area contributed by atoms with Gasteiger partial charge in [-0.3, -0.25) is 9.48 Å². The van der Waals surface area contributed by atoms with Crippen molar-refractivity contribution in [3.05, 3.63) is 30.0 Å². The Kier molecular flexibility index (Phi) is 2.89. The molecular formula is C14H19N3O. The van der Waals surface area contributed by atoms with E-state index in [0.717, 1.165) is 10.9 Å². The van der Waals surface area contributed by atoms with Crippen LogP contribution in [-0.2, 0) is 7.05 Å². The summed E-state index contributed by atoms with van der Waals surface area (Å²) in [5.74, 6) is 0.0247. The van der Waals surface area contributed by atoms with Gasteiger partial charge >= 0.3 is 0 Å². The van der Waals surface area contributed by atoms with Crippen LogP contribution < -0.4 is 0 Å². The zero-order valence-corrected chi connectivity index (χ0v) is 11.6. The first-order chi connectivity index (χ1) is 8.32. The summed E-state index contributed by atoms with van der Waals surface area (Å²) >= 11 is 0. The molecule has 0 bridgehead atoms. The Labute approximate surface area is 107 Å². The lowest BCUT2D eigenvalue weighted by Crippen LogP contribution is -2.42. The van der Waals surface area contributed by atoms with Gasteiger partial charge in [-0.2, -0.15) is 5.10 Å². The topological polar surface area (TPSA) is 38.1 Å². The predicted molar refractivity (Wildman–Crippen MR) is 72.6 cm³/mol. The summed E-state index contributed by atoms with van der Waals surface area (Å²) in [5, 5.41) is 5.20. The highest BCUT2D eigenvalue weighted by atomic mass is 16.2. The number of carbonyl (C=O) groups is 1.